The second-order valence-corrected chi connectivity index (χ2v) is 6.35. The predicted octanol–water partition coefficient (Wildman–Crippen LogP) is 4.95. The van der Waals surface area contributed by atoms with Crippen molar-refractivity contribution >= 4 is 27.3 Å². The molecule has 3 heteroatoms. The molecule has 0 saturated carbocycles. The first-order chi connectivity index (χ1) is 10.7. The van der Waals surface area contributed by atoms with Crippen LogP contribution in [0.5, 0.6) is 0 Å². The predicted molar refractivity (Wildman–Crippen MR) is 93.5 cm³/mol. The Morgan fingerprint density at radius 2 is 1.86 bits per heavy atom. The summed E-state index contributed by atoms with van der Waals surface area (Å²) in [5, 5.41) is 6.06. The smallest absolute Gasteiger partial charge is 0.253 e. The van der Waals surface area contributed by atoms with E-state index in [9.17, 15) is 4.79 Å². The van der Waals surface area contributed by atoms with E-state index in [2.05, 4.69) is 36.5 Å². The topological polar surface area (TPSA) is 29.1 Å². The minimum absolute atomic E-state index is 0.00271. The van der Waals surface area contributed by atoms with Crippen LogP contribution in [0.15, 0.2) is 53.9 Å². The third-order valence-electron chi connectivity index (χ3n) is 3.96. The first-order valence-corrected chi connectivity index (χ1v) is 8.43. The van der Waals surface area contributed by atoms with Crippen LogP contribution in [0.25, 0.3) is 10.1 Å². The molecule has 0 unspecified atom stereocenters. The molecule has 2 aromatic carbocycles. The van der Waals surface area contributed by atoms with Crippen LogP contribution >= 0.6 is 11.3 Å². The summed E-state index contributed by atoms with van der Waals surface area (Å²) in [5.74, 6) is -0.00971. The lowest BCUT2D eigenvalue weighted by Crippen LogP contribution is -2.26. The molecular formula is C19H19NOS. The largest absolute Gasteiger partial charge is 0.345 e. The Morgan fingerprint density at radius 1 is 1.14 bits per heavy atom. The Labute approximate surface area is 134 Å². The monoisotopic (exact) mass is 309 g/mol. The van der Waals surface area contributed by atoms with Gasteiger partial charge in [-0.1, -0.05) is 49.4 Å². The summed E-state index contributed by atoms with van der Waals surface area (Å²) in [6, 6.07) is 16.4. The van der Waals surface area contributed by atoms with Crippen LogP contribution < -0.4 is 5.32 Å². The molecule has 0 aliphatic rings. The molecule has 22 heavy (non-hydrogen) atoms. The maximum atomic E-state index is 12.5. The van der Waals surface area contributed by atoms with Crippen molar-refractivity contribution in [1.82, 2.24) is 5.32 Å². The Hall–Kier alpha value is -2.13. The SMILES string of the molecule is CCc1ccc([C@H](C)NC(=O)c2csc3ccccc23)cc1. The highest BCUT2D eigenvalue weighted by Crippen LogP contribution is 2.26. The summed E-state index contributed by atoms with van der Waals surface area (Å²) < 4.78 is 1.15. The zero-order valence-corrected chi connectivity index (χ0v) is 13.6. The lowest BCUT2D eigenvalue weighted by molar-refractivity contribution is 0.0942. The standard InChI is InChI=1S/C19H19NOS/c1-3-14-8-10-15(11-9-14)13(2)20-19(21)17-12-22-18-7-5-4-6-16(17)18/h4-13H,3H2,1-2H3,(H,20,21)/t13-/m0/s1. The lowest BCUT2D eigenvalue weighted by atomic mass is 10.0. The number of fused-ring (bicyclic) bond motifs is 1. The Bertz CT molecular complexity index is 789. The fraction of sp³-hybridized carbons (Fsp3) is 0.211. The van der Waals surface area contributed by atoms with Gasteiger partial charge in [-0.3, -0.25) is 4.79 Å². The summed E-state index contributed by atoms with van der Waals surface area (Å²) in [4.78, 5) is 12.5. The Kier molecular flexibility index (Phi) is 4.25. The maximum Gasteiger partial charge on any atom is 0.253 e. The molecule has 1 aromatic heterocycles. The van der Waals surface area contributed by atoms with Crippen molar-refractivity contribution in [2.75, 3.05) is 0 Å². The number of thiophene rings is 1. The average Bonchev–Trinajstić information content (AvgIpc) is 2.99. The number of carbonyl (C=O) groups is 1. The van der Waals surface area contributed by atoms with Crippen LogP contribution in [0.1, 0.15) is 41.4 Å². The van der Waals surface area contributed by atoms with Crippen molar-refractivity contribution in [3.8, 4) is 0 Å². The molecule has 3 rings (SSSR count). The van der Waals surface area contributed by atoms with Crippen LogP contribution in [0.4, 0.5) is 0 Å². The van der Waals surface area contributed by atoms with Gasteiger partial charge in [0.2, 0.25) is 0 Å². The molecule has 1 amide bonds. The second kappa shape index (κ2) is 6.32. The van der Waals surface area contributed by atoms with E-state index in [1.54, 1.807) is 11.3 Å². The fourth-order valence-electron chi connectivity index (χ4n) is 2.55. The van der Waals surface area contributed by atoms with E-state index in [1.165, 1.54) is 5.56 Å². The number of nitrogens with one attached hydrogen (secondary N) is 1. The molecule has 0 aliphatic carbocycles. The summed E-state index contributed by atoms with van der Waals surface area (Å²) in [7, 11) is 0. The Morgan fingerprint density at radius 3 is 2.59 bits per heavy atom. The van der Waals surface area contributed by atoms with Gasteiger partial charge in [0.1, 0.15) is 0 Å². The minimum Gasteiger partial charge on any atom is -0.345 e. The van der Waals surface area contributed by atoms with Gasteiger partial charge in [-0.05, 0) is 30.5 Å². The van der Waals surface area contributed by atoms with Crippen molar-refractivity contribution in [2.45, 2.75) is 26.3 Å². The molecule has 1 heterocycles. The third kappa shape index (κ3) is 2.90. The van der Waals surface area contributed by atoms with Gasteiger partial charge in [0, 0.05) is 15.5 Å². The van der Waals surface area contributed by atoms with Gasteiger partial charge >= 0.3 is 0 Å². The number of hydrogen-bond donors (Lipinski definition) is 1. The van der Waals surface area contributed by atoms with Crippen LogP contribution in [0.2, 0.25) is 0 Å². The van der Waals surface area contributed by atoms with E-state index in [0.29, 0.717) is 0 Å². The average molecular weight is 309 g/mol. The van der Waals surface area contributed by atoms with E-state index in [-0.39, 0.29) is 11.9 Å². The van der Waals surface area contributed by atoms with Gasteiger partial charge in [0.15, 0.2) is 0 Å². The van der Waals surface area contributed by atoms with Gasteiger partial charge in [-0.15, -0.1) is 11.3 Å². The van der Waals surface area contributed by atoms with Gasteiger partial charge in [-0.2, -0.15) is 0 Å². The van der Waals surface area contributed by atoms with Gasteiger partial charge in [0.25, 0.3) is 5.91 Å². The number of hydrogen-bond acceptors (Lipinski definition) is 2. The molecule has 0 aliphatic heterocycles. The van der Waals surface area contributed by atoms with Crippen LogP contribution in [0.3, 0.4) is 0 Å². The number of carbonyl (C=O) groups excluding carboxylic acids is 1. The van der Waals surface area contributed by atoms with Gasteiger partial charge in [-0.25, -0.2) is 0 Å². The quantitative estimate of drug-likeness (QED) is 0.725. The first-order valence-electron chi connectivity index (χ1n) is 7.55. The van der Waals surface area contributed by atoms with E-state index < -0.39 is 0 Å². The van der Waals surface area contributed by atoms with Crippen LogP contribution in [-0.2, 0) is 6.42 Å². The molecule has 2 nitrogen and oxygen atoms in total. The van der Waals surface area contributed by atoms with Crippen molar-refractivity contribution < 1.29 is 4.79 Å². The van der Waals surface area contributed by atoms with E-state index in [4.69, 9.17) is 0 Å². The summed E-state index contributed by atoms with van der Waals surface area (Å²) in [6.07, 6.45) is 1.03. The molecule has 0 bridgehead atoms. The van der Waals surface area contributed by atoms with E-state index in [1.807, 2.05) is 36.6 Å². The molecule has 1 atom stereocenters. The third-order valence-corrected chi connectivity index (χ3v) is 4.92. The first kappa shape index (κ1) is 14.8. The fourth-order valence-corrected chi connectivity index (χ4v) is 3.49. The highest BCUT2D eigenvalue weighted by atomic mass is 32.1. The molecule has 3 aromatic rings. The molecular weight excluding hydrogens is 290 g/mol. The Balaban J connectivity index is 1.78. The molecule has 0 spiro atoms. The molecule has 0 radical (unpaired) electrons. The van der Waals surface area contributed by atoms with Crippen molar-refractivity contribution in [2.24, 2.45) is 0 Å². The molecule has 0 fully saturated rings. The maximum absolute atomic E-state index is 12.5. The minimum atomic E-state index is -0.00971. The highest BCUT2D eigenvalue weighted by Gasteiger charge is 2.15. The molecule has 0 saturated heterocycles. The van der Waals surface area contributed by atoms with Crippen molar-refractivity contribution in [1.29, 1.82) is 0 Å². The van der Waals surface area contributed by atoms with E-state index in [0.717, 1.165) is 27.6 Å². The number of aryl methyl sites for hydroxylation is 1. The van der Waals surface area contributed by atoms with Crippen LogP contribution in [0, 0.1) is 0 Å². The normalized spacial score (nSPS) is 12.3. The molecule has 112 valence electrons. The molecule has 1 N–H and O–H groups in total. The van der Waals surface area contributed by atoms with E-state index >= 15 is 0 Å². The van der Waals surface area contributed by atoms with Crippen LogP contribution in [-0.4, -0.2) is 5.91 Å². The zero-order chi connectivity index (χ0) is 15.5. The second-order valence-electron chi connectivity index (χ2n) is 5.44. The number of amides is 1. The van der Waals surface area contributed by atoms with Gasteiger partial charge in [0.05, 0.1) is 11.6 Å². The highest BCUT2D eigenvalue weighted by molar-refractivity contribution is 7.17. The number of benzene rings is 2. The van der Waals surface area contributed by atoms with Crippen molar-refractivity contribution in [3.63, 3.8) is 0 Å². The number of rotatable bonds is 4. The lowest BCUT2D eigenvalue weighted by Gasteiger charge is -2.14. The van der Waals surface area contributed by atoms with Gasteiger partial charge < -0.3 is 5.32 Å². The summed E-state index contributed by atoms with van der Waals surface area (Å²) in [6.45, 7) is 4.16. The summed E-state index contributed by atoms with van der Waals surface area (Å²) >= 11 is 1.61. The van der Waals surface area contributed by atoms with Crippen molar-refractivity contribution in [3.05, 3.63) is 70.6 Å². The zero-order valence-electron chi connectivity index (χ0n) is 12.8. The summed E-state index contributed by atoms with van der Waals surface area (Å²) in [5.41, 5.74) is 3.20.